The third kappa shape index (κ3) is 33.6. The standard InChI is InChI=1S/C49H82O17P2/c1-2-3-4-5-6-7-8-9-10-12-16-19-22-25-28-31-34-37-43(52)64-41(40-63-68(60,61)66-49-46(55)44(53)45(54)48(47(49)56)65-67(57,58)59)39-62-42(51)36-33-30-27-24-21-18-15-13-11-14-17-20-23-26-29-32-35-38-50/h9-11,14-16,18-20,23-25,27-28,41,44-50,53-56H,2-8,12-13,17,21-22,26,29-40H2,1H3,(H,60,61)(H2,57,58,59)/b10-9-,14-11-,18-15-,19-16-,23-20-,27-24-,28-25-/t41-,44?,45?,46?,47?,48-,49+/m1/s1. The van der Waals surface area contributed by atoms with Crippen molar-refractivity contribution in [2.75, 3.05) is 19.8 Å². The Labute approximate surface area is 404 Å². The quantitative estimate of drug-likeness (QED) is 0.0124. The summed E-state index contributed by atoms with van der Waals surface area (Å²) in [5, 5.41) is 50.0. The maximum Gasteiger partial charge on any atom is 0.472 e. The lowest BCUT2D eigenvalue weighted by Crippen LogP contribution is -2.64. The lowest BCUT2D eigenvalue weighted by Gasteiger charge is -2.43. The van der Waals surface area contributed by atoms with E-state index in [0.29, 0.717) is 25.7 Å². The summed E-state index contributed by atoms with van der Waals surface area (Å²) in [6, 6.07) is 0. The number of allylic oxidation sites excluding steroid dienone is 14. The first-order valence-corrected chi connectivity index (χ1v) is 27.3. The molecule has 68 heavy (non-hydrogen) atoms. The van der Waals surface area contributed by atoms with E-state index in [0.717, 1.165) is 64.2 Å². The summed E-state index contributed by atoms with van der Waals surface area (Å²) in [4.78, 5) is 54.3. The van der Waals surface area contributed by atoms with E-state index in [4.69, 9.17) is 23.6 Å². The predicted molar refractivity (Wildman–Crippen MR) is 261 cm³/mol. The highest BCUT2D eigenvalue weighted by molar-refractivity contribution is 7.47. The van der Waals surface area contributed by atoms with E-state index < -0.39 is 83.5 Å². The first-order chi connectivity index (χ1) is 32.6. The van der Waals surface area contributed by atoms with Gasteiger partial charge in [-0.25, -0.2) is 9.13 Å². The van der Waals surface area contributed by atoms with Crippen LogP contribution in [0.1, 0.15) is 148 Å². The van der Waals surface area contributed by atoms with Gasteiger partial charge in [0, 0.05) is 19.4 Å². The van der Waals surface area contributed by atoms with Crippen LogP contribution in [-0.4, -0.2) is 115 Å². The molecule has 1 rings (SSSR count). The van der Waals surface area contributed by atoms with E-state index in [1.165, 1.54) is 38.5 Å². The molecule has 1 aliphatic rings. The summed E-state index contributed by atoms with van der Waals surface area (Å²) >= 11 is 0. The number of aliphatic hydroxyl groups is 5. The topological polar surface area (TPSA) is 276 Å². The Balaban J connectivity index is 2.66. The van der Waals surface area contributed by atoms with Crippen molar-refractivity contribution in [3.8, 4) is 0 Å². The van der Waals surface area contributed by atoms with Crippen molar-refractivity contribution in [3.63, 3.8) is 0 Å². The Morgan fingerprint density at radius 3 is 1.38 bits per heavy atom. The number of unbranched alkanes of at least 4 members (excludes halogenated alkanes) is 11. The summed E-state index contributed by atoms with van der Waals surface area (Å²) in [5.41, 5.74) is 0. The normalized spacial score (nSPS) is 22.0. The maximum absolute atomic E-state index is 13.0. The van der Waals surface area contributed by atoms with E-state index in [1.807, 2.05) is 30.4 Å². The fourth-order valence-electron chi connectivity index (χ4n) is 6.72. The number of hydrogen-bond acceptors (Lipinski definition) is 14. The van der Waals surface area contributed by atoms with Gasteiger partial charge in [-0.1, -0.05) is 131 Å². The number of carbonyl (C=O) groups is 2. The Kier molecular flexibility index (Phi) is 37.0. The van der Waals surface area contributed by atoms with Gasteiger partial charge in [0.1, 0.15) is 43.2 Å². The highest BCUT2D eigenvalue weighted by atomic mass is 31.2. The molecule has 0 aliphatic heterocycles. The van der Waals surface area contributed by atoms with Gasteiger partial charge in [0.25, 0.3) is 0 Å². The number of rotatable bonds is 40. The summed E-state index contributed by atoms with van der Waals surface area (Å²) in [5.74, 6) is -1.35. The van der Waals surface area contributed by atoms with Crippen molar-refractivity contribution in [1.82, 2.24) is 0 Å². The summed E-state index contributed by atoms with van der Waals surface area (Å²) < 4.78 is 49.3. The van der Waals surface area contributed by atoms with Crippen molar-refractivity contribution < 1.29 is 82.0 Å². The number of aliphatic hydroxyl groups excluding tert-OH is 5. The fraction of sp³-hybridized carbons (Fsp3) is 0.673. The third-order valence-electron chi connectivity index (χ3n) is 10.5. The van der Waals surface area contributed by atoms with E-state index >= 15 is 0 Å². The summed E-state index contributed by atoms with van der Waals surface area (Å²) in [7, 11) is -10.7. The Morgan fingerprint density at radius 1 is 0.500 bits per heavy atom. The van der Waals surface area contributed by atoms with Crippen LogP contribution < -0.4 is 0 Å². The molecule has 8 N–H and O–H groups in total. The van der Waals surface area contributed by atoms with Crippen LogP contribution in [0.3, 0.4) is 0 Å². The number of phosphoric ester groups is 2. The molecule has 0 heterocycles. The van der Waals surface area contributed by atoms with Gasteiger partial charge in [0.05, 0.1) is 6.61 Å². The maximum atomic E-state index is 13.0. The van der Waals surface area contributed by atoms with Crippen LogP contribution in [-0.2, 0) is 41.8 Å². The van der Waals surface area contributed by atoms with Crippen molar-refractivity contribution in [1.29, 1.82) is 0 Å². The molecule has 0 aromatic heterocycles. The minimum Gasteiger partial charge on any atom is -0.462 e. The lowest BCUT2D eigenvalue weighted by molar-refractivity contribution is -0.216. The molecular weight excluding hydrogens is 922 g/mol. The zero-order valence-corrected chi connectivity index (χ0v) is 41.7. The van der Waals surface area contributed by atoms with Gasteiger partial charge in [-0.05, 0) is 89.9 Å². The van der Waals surface area contributed by atoms with E-state index in [-0.39, 0.29) is 19.4 Å². The van der Waals surface area contributed by atoms with Crippen LogP contribution >= 0.6 is 15.6 Å². The first kappa shape index (κ1) is 63.2. The molecular formula is C49H82O17P2. The van der Waals surface area contributed by atoms with Crippen LogP contribution in [0.15, 0.2) is 85.1 Å². The lowest BCUT2D eigenvalue weighted by atomic mass is 9.85. The molecule has 0 saturated heterocycles. The molecule has 0 radical (unpaired) electrons. The smallest absolute Gasteiger partial charge is 0.462 e. The molecule has 17 nitrogen and oxygen atoms in total. The van der Waals surface area contributed by atoms with Crippen LogP contribution in [0.25, 0.3) is 0 Å². The number of ether oxygens (including phenoxy) is 2. The Morgan fingerprint density at radius 2 is 0.912 bits per heavy atom. The average molecular weight is 1010 g/mol. The third-order valence-corrected chi connectivity index (χ3v) is 12.0. The van der Waals surface area contributed by atoms with Crippen LogP contribution in [0, 0.1) is 0 Å². The van der Waals surface area contributed by atoms with Crippen molar-refractivity contribution >= 4 is 27.6 Å². The van der Waals surface area contributed by atoms with Gasteiger partial charge in [0.15, 0.2) is 6.10 Å². The molecule has 0 spiro atoms. The molecule has 0 aromatic rings. The van der Waals surface area contributed by atoms with Gasteiger partial charge in [-0.15, -0.1) is 0 Å². The monoisotopic (exact) mass is 1000 g/mol. The van der Waals surface area contributed by atoms with Crippen LogP contribution in [0.4, 0.5) is 0 Å². The molecule has 390 valence electrons. The highest BCUT2D eigenvalue weighted by Crippen LogP contribution is 2.49. The summed E-state index contributed by atoms with van der Waals surface area (Å²) in [6.07, 6.45) is 32.8. The van der Waals surface area contributed by atoms with Gasteiger partial charge >= 0.3 is 27.6 Å². The van der Waals surface area contributed by atoms with Crippen LogP contribution in [0.5, 0.6) is 0 Å². The molecule has 1 fully saturated rings. The van der Waals surface area contributed by atoms with E-state index in [1.54, 1.807) is 0 Å². The molecule has 0 bridgehead atoms. The zero-order valence-electron chi connectivity index (χ0n) is 39.9. The highest BCUT2D eigenvalue weighted by Gasteiger charge is 2.54. The number of phosphoric acid groups is 2. The zero-order chi connectivity index (χ0) is 50.3. The van der Waals surface area contributed by atoms with Crippen molar-refractivity contribution in [2.45, 2.75) is 191 Å². The van der Waals surface area contributed by atoms with Gasteiger partial charge in [0.2, 0.25) is 0 Å². The predicted octanol–water partition coefficient (Wildman–Crippen LogP) is 8.37. The second kappa shape index (κ2) is 39.8. The van der Waals surface area contributed by atoms with Crippen molar-refractivity contribution in [2.24, 2.45) is 0 Å². The van der Waals surface area contributed by atoms with Gasteiger partial charge < -0.3 is 49.7 Å². The number of esters is 2. The second-order valence-electron chi connectivity index (χ2n) is 16.5. The number of hydrogen-bond donors (Lipinski definition) is 8. The van der Waals surface area contributed by atoms with Gasteiger partial charge in [-0.3, -0.25) is 23.2 Å². The fourth-order valence-corrected chi connectivity index (χ4v) is 8.26. The van der Waals surface area contributed by atoms with E-state index in [2.05, 4.69) is 66.1 Å². The molecule has 1 aliphatic carbocycles. The first-order valence-electron chi connectivity index (χ1n) is 24.2. The second-order valence-corrected chi connectivity index (χ2v) is 19.1. The molecule has 19 heteroatoms. The molecule has 5 unspecified atom stereocenters. The molecule has 0 aromatic carbocycles. The molecule has 8 atom stereocenters. The largest absolute Gasteiger partial charge is 0.472 e. The average Bonchev–Trinajstić information content (AvgIpc) is 3.29. The Bertz CT molecular complexity index is 1640. The molecule has 1 saturated carbocycles. The SMILES string of the molecule is CCCCCCCC/C=C\C/C=C\C/C=C\CCCC(=O)O[C@H](COC(=O)CCC/C=C\C/C=C\C/C=C\C/C=C\CCCCCO)COP(=O)(O)O[C@H]1C(O)C(O)C(O)[C@@H](OP(=O)(O)O)C1O. The van der Waals surface area contributed by atoms with Gasteiger partial charge in [-0.2, -0.15) is 0 Å². The summed E-state index contributed by atoms with van der Waals surface area (Å²) in [6.45, 7) is 1.01. The minimum absolute atomic E-state index is 0.0200. The molecule has 0 amide bonds. The minimum atomic E-state index is -5.38. The van der Waals surface area contributed by atoms with E-state index in [9.17, 15) is 53.8 Å². The van der Waals surface area contributed by atoms with Crippen molar-refractivity contribution in [3.05, 3.63) is 85.1 Å². The number of carbonyl (C=O) groups excluding carboxylic acids is 2. The Hall–Kier alpha value is -2.86. The van der Waals surface area contributed by atoms with Crippen LogP contribution in [0.2, 0.25) is 0 Å².